The quantitative estimate of drug-likeness (QED) is 0.600. The van der Waals surface area contributed by atoms with E-state index in [1.807, 2.05) is 24.3 Å². The van der Waals surface area contributed by atoms with E-state index in [-0.39, 0.29) is 18.3 Å². The van der Waals surface area contributed by atoms with Crippen LogP contribution in [0.1, 0.15) is 23.0 Å². The van der Waals surface area contributed by atoms with Crippen LogP contribution in [0.3, 0.4) is 0 Å². The van der Waals surface area contributed by atoms with Crippen LogP contribution in [-0.2, 0) is 11.2 Å². The van der Waals surface area contributed by atoms with Gasteiger partial charge in [0.2, 0.25) is 0 Å². The Morgan fingerprint density at radius 1 is 1.03 bits per heavy atom. The van der Waals surface area contributed by atoms with Gasteiger partial charge in [0, 0.05) is 5.69 Å². The van der Waals surface area contributed by atoms with Crippen molar-refractivity contribution in [3.63, 3.8) is 0 Å². The first kappa shape index (κ1) is 20.0. The second-order valence-corrected chi connectivity index (χ2v) is 6.18. The van der Waals surface area contributed by atoms with E-state index in [0.29, 0.717) is 22.9 Å². The van der Waals surface area contributed by atoms with Gasteiger partial charge in [-0.15, -0.1) is 0 Å². The molecule has 1 heterocycles. The second-order valence-electron chi connectivity index (χ2n) is 6.18. The summed E-state index contributed by atoms with van der Waals surface area (Å²) < 4.78 is 15.9. The normalized spacial score (nSPS) is 10.3. The highest BCUT2D eigenvalue weighted by Crippen LogP contribution is 2.28. The van der Waals surface area contributed by atoms with Gasteiger partial charge in [0.25, 0.3) is 11.8 Å². The lowest BCUT2D eigenvalue weighted by molar-refractivity contribution is -0.118. The Balaban J connectivity index is 1.63. The highest BCUT2D eigenvalue weighted by Gasteiger charge is 2.13. The molecule has 0 aliphatic rings. The van der Waals surface area contributed by atoms with Crippen molar-refractivity contribution in [3.8, 4) is 11.5 Å². The number of ether oxygens (including phenoxy) is 2. The molecule has 150 valence electrons. The van der Waals surface area contributed by atoms with Crippen LogP contribution in [0.5, 0.6) is 11.5 Å². The maximum absolute atomic E-state index is 12.3. The summed E-state index contributed by atoms with van der Waals surface area (Å²) in [6.07, 6.45) is 2.36. The average molecular weight is 394 g/mol. The third-order valence-electron chi connectivity index (χ3n) is 4.18. The molecule has 0 spiro atoms. The maximum Gasteiger partial charge on any atom is 0.291 e. The zero-order chi connectivity index (χ0) is 20.6. The number of furan rings is 1. The first-order chi connectivity index (χ1) is 14.1. The van der Waals surface area contributed by atoms with E-state index in [1.165, 1.54) is 18.9 Å². The predicted octanol–water partition coefficient (Wildman–Crippen LogP) is 4.12. The van der Waals surface area contributed by atoms with E-state index < -0.39 is 5.91 Å². The number of carbonyl (C=O) groups excluding carboxylic acids is 2. The van der Waals surface area contributed by atoms with Crippen LogP contribution < -0.4 is 20.1 Å². The molecule has 0 aliphatic carbocycles. The summed E-state index contributed by atoms with van der Waals surface area (Å²) in [5.41, 5.74) is 2.10. The number of aryl methyl sites for hydroxylation is 1. The molecule has 3 rings (SSSR count). The highest BCUT2D eigenvalue weighted by atomic mass is 16.5. The number of amides is 2. The van der Waals surface area contributed by atoms with Gasteiger partial charge in [-0.1, -0.05) is 19.1 Å². The summed E-state index contributed by atoms with van der Waals surface area (Å²) in [5.74, 6) is 0.521. The fourth-order valence-electron chi connectivity index (χ4n) is 2.64. The molecule has 1 aromatic heterocycles. The summed E-state index contributed by atoms with van der Waals surface area (Å²) in [6, 6.07) is 15.7. The first-order valence-corrected chi connectivity index (χ1v) is 9.13. The Labute approximate surface area is 168 Å². The van der Waals surface area contributed by atoms with E-state index >= 15 is 0 Å². The van der Waals surface area contributed by atoms with Crippen molar-refractivity contribution in [3.05, 3.63) is 72.2 Å². The van der Waals surface area contributed by atoms with Gasteiger partial charge in [-0.25, -0.2) is 0 Å². The molecule has 0 aliphatic heterocycles. The SMILES string of the molecule is CCc1ccc(OCC(=O)Nc2cc(NC(=O)c3ccco3)ccc2OC)cc1. The lowest BCUT2D eigenvalue weighted by Gasteiger charge is -2.13. The zero-order valence-corrected chi connectivity index (χ0v) is 16.2. The summed E-state index contributed by atoms with van der Waals surface area (Å²) >= 11 is 0. The van der Waals surface area contributed by atoms with Crippen molar-refractivity contribution in [2.24, 2.45) is 0 Å². The van der Waals surface area contributed by atoms with Crippen molar-refractivity contribution < 1.29 is 23.5 Å². The minimum Gasteiger partial charge on any atom is -0.495 e. The maximum atomic E-state index is 12.3. The van der Waals surface area contributed by atoms with Crippen LogP contribution in [0.15, 0.2) is 65.3 Å². The molecule has 29 heavy (non-hydrogen) atoms. The lowest BCUT2D eigenvalue weighted by atomic mass is 10.2. The monoisotopic (exact) mass is 394 g/mol. The van der Waals surface area contributed by atoms with Gasteiger partial charge in [-0.3, -0.25) is 9.59 Å². The average Bonchev–Trinajstić information content (AvgIpc) is 3.28. The third kappa shape index (κ3) is 5.38. The van der Waals surface area contributed by atoms with Crippen molar-refractivity contribution in [1.29, 1.82) is 0 Å². The van der Waals surface area contributed by atoms with E-state index in [2.05, 4.69) is 17.6 Å². The number of benzene rings is 2. The first-order valence-electron chi connectivity index (χ1n) is 9.13. The minimum atomic E-state index is -0.392. The van der Waals surface area contributed by atoms with Crippen LogP contribution in [0.25, 0.3) is 0 Å². The number of carbonyl (C=O) groups is 2. The van der Waals surface area contributed by atoms with Crippen molar-refractivity contribution in [2.45, 2.75) is 13.3 Å². The molecule has 0 atom stereocenters. The smallest absolute Gasteiger partial charge is 0.291 e. The van der Waals surface area contributed by atoms with Gasteiger partial charge in [-0.2, -0.15) is 0 Å². The third-order valence-corrected chi connectivity index (χ3v) is 4.18. The molecular weight excluding hydrogens is 372 g/mol. The summed E-state index contributed by atoms with van der Waals surface area (Å²) in [4.78, 5) is 24.4. The van der Waals surface area contributed by atoms with E-state index in [1.54, 1.807) is 30.3 Å². The molecule has 0 bridgehead atoms. The largest absolute Gasteiger partial charge is 0.495 e. The number of anilines is 2. The van der Waals surface area contributed by atoms with E-state index in [4.69, 9.17) is 13.9 Å². The molecule has 2 aromatic carbocycles. The van der Waals surface area contributed by atoms with Gasteiger partial charge in [-0.05, 0) is 54.4 Å². The number of methoxy groups -OCH3 is 1. The molecule has 2 N–H and O–H groups in total. The molecule has 7 nitrogen and oxygen atoms in total. The summed E-state index contributed by atoms with van der Waals surface area (Å²) in [6.45, 7) is 1.92. The van der Waals surface area contributed by atoms with Crippen LogP contribution in [-0.4, -0.2) is 25.5 Å². The van der Waals surface area contributed by atoms with Crippen LogP contribution in [0.2, 0.25) is 0 Å². The van der Waals surface area contributed by atoms with Crippen LogP contribution in [0.4, 0.5) is 11.4 Å². The Morgan fingerprint density at radius 3 is 2.48 bits per heavy atom. The minimum absolute atomic E-state index is 0.155. The van der Waals surface area contributed by atoms with Gasteiger partial charge in [0.1, 0.15) is 11.5 Å². The Morgan fingerprint density at radius 2 is 1.83 bits per heavy atom. The van der Waals surface area contributed by atoms with Crippen molar-refractivity contribution >= 4 is 23.2 Å². The number of rotatable bonds is 8. The van der Waals surface area contributed by atoms with E-state index in [0.717, 1.165) is 6.42 Å². The lowest BCUT2D eigenvalue weighted by Crippen LogP contribution is -2.20. The molecule has 0 saturated heterocycles. The molecule has 7 heteroatoms. The fraction of sp³-hybridized carbons (Fsp3) is 0.182. The standard InChI is InChI=1S/C22H22N2O5/c1-3-15-6-9-17(10-7-15)29-14-21(25)24-18-13-16(8-11-19(18)27-2)23-22(26)20-5-4-12-28-20/h4-13H,3,14H2,1-2H3,(H,23,26)(H,24,25). The van der Waals surface area contributed by atoms with Gasteiger partial charge in [0.05, 0.1) is 19.1 Å². The number of nitrogens with one attached hydrogen (secondary N) is 2. The zero-order valence-electron chi connectivity index (χ0n) is 16.2. The van der Waals surface area contributed by atoms with Gasteiger partial charge < -0.3 is 24.5 Å². The Kier molecular flexibility index (Phi) is 6.52. The van der Waals surface area contributed by atoms with Gasteiger partial charge >= 0.3 is 0 Å². The van der Waals surface area contributed by atoms with Crippen molar-refractivity contribution in [2.75, 3.05) is 24.4 Å². The molecule has 2 amide bonds. The molecular formula is C22H22N2O5. The Hall–Kier alpha value is -3.74. The molecule has 0 fully saturated rings. The van der Waals surface area contributed by atoms with Crippen LogP contribution >= 0.6 is 0 Å². The summed E-state index contributed by atoms with van der Waals surface area (Å²) in [7, 11) is 1.50. The fourth-order valence-corrected chi connectivity index (χ4v) is 2.64. The Bertz CT molecular complexity index is 965. The topological polar surface area (TPSA) is 89.8 Å². The molecule has 0 unspecified atom stereocenters. The van der Waals surface area contributed by atoms with Gasteiger partial charge in [0.15, 0.2) is 12.4 Å². The highest BCUT2D eigenvalue weighted by molar-refractivity contribution is 6.03. The van der Waals surface area contributed by atoms with Crippen molar-refractivity contribution in [1.82, 2.24) is 0 Å². The molecule has 0 saturated carbocycles. The second kappa shape index (κ2) is 9.45. The summed E-state index contributed by atoms with van der Waals surface area (Å²) in [5, 5.41) is 5.45. The number of hydrogen-bond donors (Lipinski definition) is 2. The molecule has 3 aromatic rings. The number of hydrogen-bond acceptors (Lipinski definition) is 5. The molecule has 0 radical (unpaired) electrons. The predicted molar refractivity (Wildman–Crippen MR) is 110 cm³/mol. The van der Waals surface area contributed by atoms with E-state index in [9.17, 15) is 9.59 Å². The van der Waals surface area contributed by atoms with Crippen LogP contribution in [0, 0.1) is 0 Å².